The monoisotopic (exact) mass is 477 g/mol. The number of halogens is 2. The standard InChI is InChI=1S/C25H21F2N5O3/c1-15(33)31-18-5-2-16(3-6-18)17-4-7-22-21(10-17)20(8-9-29-22)24(35)30-13-23(34)32-14-25(26,27)11-19(32)12-28/h2-10,19H,11,13-14H2,1H3,(H,30,35)(H,31,33). The third kappa shape index (κ3) is 5.24. The van der Waals surface area contributed by atoms with Gasteiger partial charge >= 0.3 is 0 Å². The summed E-state index contributed by atoms with van der Waals surface area (Å²) in [4.78, 5) is 41.6. The van der Waals surface area contributed by atoms with Crippen LogP contribution < -0.4 is 10.6 Å². The molecular formula is C25H21F2N5O3. The van der Waals surface area contributed by atoms with Gasteiger partial charge in [0.15, 0.2) is 0 Å². The fourth-order valence-corrected chi connectivity index (χ4v) is 4.02. The van der Waals surface area contributed by atoms with Crippen molar-refractivity contribution in [3.8, 4) is 17.2 Å². The van der Waals surface area contributed by atoms with Gasteiger partial charge in [0, 0.05) is 30.6 Å². The average molecular weight is 477 g/mol. The maximum Gasteiger partial charge on any atom is 0.268 e. The Bertz CT molecular complexity index is 1350. The number of rotatable bonds is 5. The highest BCUT2D eigenvalue weighted by molar-refractivity contribution is 6.07. The molecule has 1 aliphatic rings. The Kier molecular flexibility index (Phi) is 6.42. The van der Waals surface area contributed by atoms with E-state index in [1.807, 2.05) is 18.2 Å². The number of benzene rings is 2. The molecule has 1 atom stereocenters. The van der Waals surface area contributed by atoms with Crippen molar-refractivity contribution in [3.05, 3.63) is 60.3 Å². The summed E-state index contributed by atoms with van der Waals surface area (Å²) in [7, 11) is 0. The summed E-state index contributed by atoms with van der Waals surface area (Å²) in [6.07, 6.45) is 0.750. The smallest absolute Gasteiger partial charge is 0.268 e. The van der Waals surface area contributed by atoms with Gasteiger partial charge in [0.2, 0.25) is 11.8 Å². The van der Waals surface area contributed by atoms with Gasteiger partial charge in [-0.3, -0.25) is 19.4 Å². The third-order valence-electron chi connectivity index (χ3n) is 5.66. The fraction of sp³-hybridized carbons (Fsp3) is 0.240. The molecule has 2 heterocycles. The van der Waals surface area contributed by atoms with E-state index in [0.717, 1.165) is 16.0 Å². The Morgan fingerprint density at radius 3 is 2.54 bits per heavy atom. The number of carbonyl (C=O) groups is 3. The first-order valence-electron chi connectivity index (χ1n) is 10.8. The zero-order chi connectivity index (χ0) is 25.2. The second-order valence-corrected chi connectivity index (χ2v) is 8.26. The number of nitriles is 1. The van der Waals surface area contributed by atoms with Crippen LogP contribution in [0.1, 0.15) is 23.7 Å². The van der Waals surface area contributed by atoms with E-state index < -0.39 is 43.3 Å². The number of aromatic nitrogens is 1. The number of hydrogen-bond acceptors (Lipinski definition) is 5. The summed E-state index contributed by atoms with van der Waals surface area (Å²) in [6.45, 7) is 0.0655. The van der Waals surface area contributed by atoms with Crippen molar-refractivity contribution in [2.24, 2.45) is 0 Å². The second kappa shape index (κ2) is 9.46. The van der Waals surface area contributed by atoms with Gasteiger partial charge < -0.3 is 15.5 Å². The van der Waals surface area contributed by atoms with Gasteiger partial charge in [0.25, 0.3) is 11.8 Å². The molecule has 10 heteroatoms. The van der Waals surface area contributed by atoms with Crippen molar-refractivity contribution in [1.82, 2.24) is 15.2 Å². The molecular weight excluding hydrogens is 456 g/mol. The van der Waals surface area contributed by atoms with Crippen LogP contribution in [0.25, 0.3) is 22.0 Å². The number of fused-ring (bicyclic) bond motifs is 1. The number of hydrogen-bond donors (Lipinski definition) is 2. The van der Waals surface area contributed by atoms with Crippen molar-refractivity contribution in [3.63, 3.8) is 0 Å². The van der Waals surface area contributed by atoms with Crippen molar-refractivity contribution in [1.29, 1.82) is 5.26 Å². The van der Waals surface area contributed by atoms with E-state index in [0.29, 0.717) is 16.6 Å². The summed E-state index contributed by atoms with van der Waals surface area (Å²) >= 11 is 0. The van der Waals surface area contributed by atoms with Gasteiger partial charge in [-0.1, -0.05) is 18.2 Å². The summed E-state index contributed by atoms with van der Waals surface area (Å²) in [5.41, 5.74) is 3.14. The van der Waals surface area contributed by atoms with E-state index in [9.17, 15) is 23.2 Å². The van der Waals surface area contributed by atoms with Gasteiger partial charge in [-0.15, -0.1) is 0 Å². The predicted octanol–water partition coefficient (Wildman–Crippen LogP) is 3.35. The minimum absolute atomic E-state index is 0.176. The first-order chi connectivity index (χ1) is 16.7. The first kappa shape index (κ1) is 23.8. The van der Waals surface area contributed by atoms with Crippen LogP contribution in [0, 0.1) is 11.3 Å². The highest BCUT2D eigenvalue weighted by Crippen LogP contribution is 2.31. The molecule has 0 saturated carbocycles. The molecule has 8 nitrogen and oxygen atoms in total. The molecule has 0 spiro atoms. The maximum absolute atomic E-state index is 13.6. The lowest BCUT2D eigenvalue weighted by atomic mass is 10.0. The van der Waals surface area contributed by atoms with Gasteiger partial charge in [0.1, 0.15) is 6.04 Å². The van der Waals surface area contributed by atoms with Gasteiger partial charge in [-0.05, 0) is 41.5 Å². The summed E-state index contributed by atoms with van der Waals surface area (Å²) in [5, 5.41) is 14.8. The zero-order valence-electron chi connectivity index (χ0n) is 18.7. The van der Waals surface area contributed by atoms with E-state index in [2.05, 4.69) is 15.6 Å². The maximum atomic E-state index is 13.6. The Hall–Kier alpha value is -4.39. The van der Waals surface area contributed by atoms with Crippen LogP contribution in [0.5, 0.6) is 0 Å². The quantitative estimate of drug-likeness (QED) is 0.585. The number of nitrogens with zero attached hydrogens (tertiary/aromatic N) is 3. The number of amides is 3. The van der Waals surface area contributed by atoms with Crippen LogP contribution in [0.15, 0.2) is 54.7 Å². The molecule has 2 N–H and O–H groups in total. The van der Waals surface area contributed by atoms with Crippen molar-refractivity contribution in [2.45, 2.75) is 25.3 Å². The third-order valence-corrected chi connectivity index (χ3v) is 5.66. The largest absolute Gasteiger partial charge is 0.343 e. The number of alkyl halides is 2. The van der Waals surface area contributed by atoms with Gasteiger partial charge in [-0.2, -0.15) is 5.26 Å². The lowest BCUT2D eigenvalue weighted by molar-refractivity contribution is -0.131. The van der Waals surface area contributed by atoms with E-state index >= 15 is 0 Å². The Morgan fingerprint density at radius 2 is 1.86 bits per heavy atom. The normalized spacial score (nSPS) is 16.5. The van der Waals surface area contributed by atoms with Crippen LogP contribution in [0.4, 0.5) is 14.5 Å². The topological polar surface area (TPSA) is 115 Å². The molecule has 2 aromatic carbocycles. The number of nitrogens with one attached hydrogen (secondary N) is 2. The molecule has 0 radical (unpaired) electrons. The van der Waals surface area contributed by atoms with Crippen molar-refractivity contribution in [2.75, 3.05) is 18.4 Å². The van der Waals surface area contributed by atoms with Crippen LogP contribution in [0.3, 0.4) is 0 Å². The van der Waals surface area contributed by atoms with E-state index in [1.54, 1.807) is 30.3 Å². The van der Waals surface area contributed by atoms with Crippen LogP contribution >= 0.6 is 0 Å². The van der Waals surface area contributed by atoms with Crippen LogP contribution in [-0.4, -0.2) is 52.7 Å². The Balaban J connectivity index is 1.53. The second-order valence-electron chi connectivity index (χ2n) is 8.26. The van der Waals surface area contributed by atoms with Crippen LogP contribution in [0.2, 0.25) is 0 Å². The minimum Gasteiger partial charge on any atom is -0.343 e. The van der Waals surface area contributed by atoms with E-state index in [1.165, 1.54) is 19.2 Å². The SMILES string of the molecule is CC(=O)Nc1ccc(-c2ccc3nccc(C(=O)NCC(=O)N4CC(F)(F)CC4C#N)c3c2)cc1. The number of likely N-dealkylation sites (tertiary alicyclic amines) is 1. The summed E-state index contributed by atoms with van der Waals surface area (Å²) < 4.78 is 27.3. The summed E-state index contributed by atoms with van der Waals surface area (Å²) in [6, 6.07) is 14.6. The lowest BCUT2D eigenvalue weighted by Gasteiger charge is -2.19. The molecule has 1 unspecified atom stereocenters. The highest BCUT2D eigenvalue weighted by atomic mass is 19.3. The molecule has 1 saturated heterocycles. The predicted molar refractivity (Wildman–Crippen MR) is 124 cm³/mol. The van der Waals surface area contributed by atoms with Crippen molar-refractivity contribution >= 4 is 34.3 Å². The molecule has 1 fully saturated rings. The fourth-order valence-electron chi connectivity index (χ4n) is 4.02. The van der Waals surface area contributed by atoms with Gasteiger partial charge in [-0.25, -0.2) is 8.78 Å². The highest BCUT2D eigenvalue weighted by Gasteiger charge is 2.47. The molecule has 0 aliphatic carbocycles. The minimum atomic E-state index is -3.13. The number of anilines is 1. The van der Waals surface area contributed by atoms with Crippen molar-refractivity contribution < 1.29 is 23.2 Å². The number of carbonyl (C=O) groups excluding carboxylic acids is 3. The van der Waals surface area contributed by atoms with Gasteiger partial charge in [0.05, 0.1) is 30.2 Å². The molecule has 4 rings (SSSR count). The Morgan fingerprint density at radius 1 is 1.14 bits per heavy atom. The van der Waals surface area contributed by atoms with E-state index in [-0.39, 0.29) is 11.5 Å². The molecule has 3 amide bonds. The zero-order valence-corrected chi connectivity index (χ0v) is 18.7. The van der Waals surface area contributed by atoms with E-state index in [4.69, 9.17) is 5.26 Å². The lowest BCUT2D eigenvalue weighted by Crippen LogP contribution is -2.43. The van der Waals surface area contributed by atoms with Crippen LogP contribution in [-0.2, 0) is 9.59 Å². The molecule has 0 bridgehead atoms. The molecule has 35 heavy (non-hydrogen) atoms. The molecule has 1 aromatic heterocycles. The first-order valence-corrected chi connectivity index (χ1v) is 10.8. The number of pyridine rings is 1. The molecule has 3 aromatic rings. The summed E-state index contributed by atoms with van der Waals surface area (Å²) in [5.74, 6) is -4.62. The average Bonchev–Trinajstić information content (AvgIpc) is 3.16. The molecule has 1 aliphatic heterocycles. The Labute approximate surface area is 199 Å². The molecule has 178 valence electrons.